The summed E-state index contributed by atoms with van der Waals surface area (Å²) in [6.45, 7) is 3.46. The van der Waals surface area contributed by atoms with Crippen LogP contribution in [0.25, 0.3) is 10.2 Å². The van der Waals surface area contributed by atoms with Crippen LogP contribution < -0.4 is 14.4 Å². The van der Waals surface area contributed by atoms with E-state index in [2.05, 4.69) is 6.92 Å². The number of rotatable bonds is 8. The van der Waals surface area contributed by atoms with E-state index in [4.69, 9.17) is 14.5 Å². The minimum atomic E-state index is -3.61. The van der Waals surface area contributed by atoms with Crippen LogP contribution in [0, 0.1) is 5.92 Å². The molecule has 8 nitrogen and oxygen atoms in total. The number of piperidine rings is 1. The molecule has 0 saturated carbocycles. The summed E-state index contributed by atoms with van der Waals surface area (Å²) < 4.78 is 39.7. The van der Waals surface area contributed by atoms with Crippen LogP contribution in [0.4, 0.5) is 5.13 Å². The predicted octanol–water partition coefficient (Wildman–Crippen LogP) is 5.58. The molecule has 1 aliphatic rings. The summed E-state index contributed by atoms with van der Waals surface area (Å²) in [6.07, 6.45) is 1.70. The van der Waals surface area contributed by atoms with E-state index in [0.29, 0.717) is 46.7 Å². The lowest BCUT2D eigenvalue weighted by atomic mass is 10.0. The zero-order chi connectivity index (χ0) is 27.6. The van der Waals surface area contributed by atoms with E-state index >= 15 is 0 Å². The Morgan fingerprint density at radius 3 is 2.26 bits per heavy atom. The first-order chi connectivity index (χ1) is 18.8. The van der Waals surface area contributed by atoms with Crippen molar-refractivity contribution < 1.29 is 22.7 Å². The highest BCUT2D eigenvalue weighted by Crippen LogP contribution is 2.40. The number of benzene rings is 3. The molecule has 3 aromatic carbocycles. The smallest absolute Gasteiger partial charge is 0.260 e. The van der Waals surface area contributed by atoms with Crippen molar-refractivity contribution in [2.45, 2.75) is 31.2 Å². The third-order valence-corrected chi connectivity index (χ3v) is 10.0. The van der Waals surface area contributed by atoms with Crippen LogP contribution in [0.1, 0.15) is 35.7 Å². The molecule has 39 heavy (non-hydrogen) atoms. The number of anilines is 1. The summed E-state index contributed by atoms with van der Waals surface area (Å²) in [5.41, 5.74) is 1.91. The van der Waals surface area contributed by atoms with Gasteiger partial charge in [-0.3, -0.25) is 9.69 Å². The number of thiazole rings is 1. The van der Waals surface area contributed by atoms with Crippen LogP contribution in [0.5, 0.6) is 11.5 Å². The summed E-state index contributed by atoms with van der Waals surface area (Å²) in [6, 6.07) is 19.5. The monoisotopic (exact) mass is 565 g/mol. The lowest BCUT2D eigenvalue weighted by molar-refractivity contribution is 0.0985. The second kappa shape index (κ2) is 11.3. The molecular formula is C29H31N3O5S2. The summed E-state index contributed by atoms with van der Waals surface area (Å²) in [5, 5.41) is 0.487. The summed E-state index contributed by atoms with van der Waals surface area (Å²) >= 11 is 1.34. The Kier molecular flexibility index (Phi) is 7.88. The van der Waals surface area contributed by atoms with Gasteiger partial charge in [-0.1, -0.05) is 48.6 Å². The third kappa shape index (κ3) is 5.50. The van der Waals surface area contributed by atoms with Crippen LogP contribution >= 0.6 is 11.3 Å². The van der Waals surface area contributed by atoms with Gasteiger partial charge in [-0.15, -0.1) is 0 Å². The van der Waals surface area contributed by atoms with Crippen LogP contribution in [0.3, 0.4) is 0 Å². The molecule has 1 fully saturated rings. The van der Waals surface area contributed by atoms with Gasteiger partial charge in [0, 0.05) is 18.7 Å². The van der Waals surface area contributed by atoms with E-state index in [1.165, 1.54) is 27.8 Å². The van der Waals surface area contributed by atoms with E-state index in [9.17, 15) is 13.2 Å². The summed E-state index contributed by atoms with van der Waals surface area (Å²) in [4.78, 5) is 20.5. The second-order valence-electron chi connectivity index (χ2n) is 9.63. The quantitative estimate of drug-likeness (QED) is 0.277. The van der Waals surface area contributed by atoms with Crippen LogP contribution in [-0.2, 0) is 16.6 Å². The van der Waals surface area contributed by atoms with E-state index < -0.39 is 10.0 Å². The van der Waals surface area contributed by atoms with Crippen molar-refractivity contribution in [1.82, 2.24) is 9.29 Å². The fraction of sp³-hybridized carbons (Fsp3) is 0.310. The SMILES string of the molecule is COc1ccc(OC)c2sc(N(Cc3ccccc3)C(=O)c3ccc(S(=O)(=O)N4CCC(C)CC4)cc3)nc12. The van der Waals surface area contributed by atoms with Crippen molar-refractivity contribution in [1.29, 1.82) is 0 Å². The molecule has 4 aromatic rings. The van der Waals surface area contributed by atoms with Crippen molar-refractivity contribution in [3.05, 3.63) is 77.9 Å². The number of carbonyl (C=O) groups excluding carboxylic acids is 1. The number of nitrogens with zero attached hydrogens (tertiary/aromatic N) is 3. The fourth-order valence-corrected chi connectivity index (χ4v) is 7.22. The summed E-state index contributed by atoms with van der Waals surface area (Å²) in [7, 11) is -0.444. The Hall–Kier alpha value is -3.47. The van der Waals surface area contributed by atoms with E-state index in [1.54, 1.807) is 37.3 Å². The molecule has 1 aromatic heterocycles. The molecule has 0 radical (unpaired) electrons. The van der Waals surface area contributed by atoms with Crippen molar-refractivity contribution in [3.8, 4) is 11.5 Å². The molecule has 0 spiro atoms. The van der Waals surface area contributed by atoms with Gasteiger partial charge in [0.05, 0.1) is 25.7 Å². The normalized spacial score (nSPS) is 14.8. The number of methoxy groups -OCH3 is 2. The number of hydrogen-bond donors (Lipinski definition) is 0. The number of fused-ring (bicyclic) bond motifs is 1. The number of ether oxygens (including phenoxy) is 2. The maximum Gasteiger partial charge on any atom is 0.260 e. The minimum Gasteiger partial charge on any atom is -0.495 e. The largest absolute Gasteiger partial charge is 0.495 e. The maximum absolute atomic E-state index is 13.9. The Labute approximate surface area is 232 Å². The van der Waals surface area contributed by atoms with Crippen molar-refractivity contribution in [3.63, 3.8) is 0 Å². The molecule has 0 bridgehead atoms. The molecule has 2 heterocycles. The zero-order valence-corrected chi connectivity index (χ0v) is 23.8. The topological polar surface area (TPSA) is 89.0 Å². The molecule has 0 aliphatic carbocycles. The number of carbonyl (C=O) groups is 1. The van der Waals surface area contributed by atoms with E-state index in [0.717, 1.165) is 23.1 Å². The number of aromatic nitrogens is 1. The Balaban J connectivity index is 1.49. The Bertz CT molecular complexity index is 1520. The maximum atomic E-state index is 13.9. The van der Waals surface area contributed by atoms with Gasteiger partial charge >= 0.3 is 0 Å². The van der Waals surface area contributed by atoms with E-state index in [1.807, 2.05) is 36.4 Å². The van der Waals surface area contributed by atoms with Crippen LogP contribution in [-0.4, -0.2) is 50.9 Å². The van der Waals surface area contributed by atoms with Gasteiger partial charge in [0.25, 0.3) is 5.91 Å². The lowest BCUT2D eigenvalue weighted by Gasteiger charge is -2.29. The fourth-order valence-electron chi connectivity index (χ4n) is 4.68. The first kappa shape index (κ1) is 27.1. The van der Waals surface area contributed by atoms with Gasteiger partial charge in [0.15, 0.2) is 5.13 Å². The molecule has 1 saturated heterocycles. The predicted molar refractivity (Wildman–Crippen MR) is 153 cm³/mol. The average molecular weight is 566 g/mol. The second-order valence-corrected chi connectivity index (χ2v) is 12.5. The number of sulfonamides is 1. The highest BCUT2D eigenvalue weighted by molar-refractivity contribution is 7.89. The van der Waals surface area contributed by atoms with Crippen LogP contribution in [0.15, 0.2) is 71.6 Å². The average Bonchev–Trinajstić information content (AvgIpc) is 3.41. The molecule has 0 unspecified atom stereocenters. The molecule has 10 heteroatoms. The summed E-state index contributed by atoms with van der Waals surface area (Å²) in [5.74, 6) is 1.46. The number of hydrogen-bond acceptors (Lipinski definition) is 7. The van der Waals surface area contributed by atoms with Gasteiger partial charge in [0.2, 0.25) is 10.0 Å². The first-order valence-electron chi connectivity index (χ1n) is 12.8. The Morgan fingerprint density at radius 2 is 1.62 bits per heavy atom. The molecule has 5 rings (SSSR count). The zero-order valence-electron chi connectivity index (χ0n) is 22.2. The van der Waals surface area contributed by atoms with Gasteiger partial charge in [0.1, 0.15) is 21.7 Å². The van der Waals surface area contributed by atoms with Crippen molar-refractivity contribution >= 4 is 42.6 Å². The number of amides is 1. The molecule has 1 amide bonds. The van der Waals surface area contributed by atoms with Gasteiger partial charge < -0.3 is 9.47 Å². The first-order valence-corrected chi connectivity index (χ1v) is 15.0. The van der Waals surface area contributed by atoms with E-state index in [-0.39, 0.29) is 17.3 Å². The molecular weight excluding hydrogens is 534 g/mol. The molecule has 1 aliphatic heterocycles. The van der Waals surface area contributed by atoms with Gasteiger partial charge in [-0.2, -0.15) is 4.31 Å². The lowest BCUT2D eigenvalue weighted by Crippen LogP contribution is -2.37. The molecule has 204 valence electrons. The third-order valence-electron chi connectivity index (χ3n) is 7.04. The van der Waals surface area contributed by atoms with Gasteiger partial charge in [-0.05, 0) is 60.7 Å². The molecule has 0 atom stereocenters. The highest BCUT2D eigenvalue weighted by Gasteiger charge is 2.29. The standard InChI is InChI=1S/C29H31N3O5S2/c1-20-15-17-31(18-16-20)39(34,35)23-11-9-22(10-12-23)28(33)32(19-21-7-5-4-6-8-21)29-30-26-24(36-2)13-14-25(37-3)27(26)38-29/h4-14,20H,15-19H2,1-3H3. The highest BCUT2D eigenvalue weighted by atomic mass is 32.2. The Morgan fingerprint density at radius 1 is 0.974 bits per heavy atom. The van der Waals surface area contributed by atoms with Crippen LogP contribution in [0.2, 0.25) is 0 Å². The minimum absolute atomic E-state index is 0.192. The van der Waals surface area contributed by atoms with Crippen molar-refractivity contribution in [2.75, 3.05) is 32.2 Å². The van der Waals surface area contributed by atoms with Gasteiger partial charge in [-0.25, -0.2) is 13.4 Å². The molecule has 0 N–H and O–H groups in total. The van der Waals surface area contributed by atoms with Crippen molar-refractivity contribution in [2.24, 2.45) is 5.92 Å².